The lowest BCUT2D eigenvalue weighted by atomic mass is 10.0. The Labute approximate surface area is 167 Å². The van der Waals surface area contributed by atoms with Crippen LogP contribution in [0.1, 0.15) is 16.7 Å². The summed E-state index contributed by atoms with van der Waals surface area (Å²) in [6.45, 7) is 4.08. The summed E-state index contributed by atoms with van der Waals surface area (Å²) < 4.78 is 12.6. The average Bonchev–Trinajstić information content (AvgIpc) is 3.16. The minimum Gasteiger partial charge on any atom is -0.497 e. The van der Waals surface area contributed by atoms with Crippen LogP contribution in [-0.4, -0.2) is 16.7 Å². The maximum absolute atomic E-state index is 12.0. The molecule has 2 aromatic carbocycles. The zero-order valence-corrected chi connectivity index (χ0v) is 16.7. The van der Waals surface area contributed by atoms with E-state index in [9.17, 15) is 4.79 Å². The standard InChI is InChI=1S/C22H20N2O3S/c1-14-10-19-16(12-21(25)27-20(19)11-15(14)2)13-28-22-23-8-9-24(22)17-4-6-18(26-3)7-5-17/h4-12H,13H2,1-3H3. The van der Waals surface area contributed by atoms with Gasteiger partial charge >= 0.3 is 5.63 Å². The monoisotopic (exact) mass is 392 g/mol. The number of thioether (sulfide) groups is 1. The summed E-state index contributed by atoms with van der Waals surface area (Å²) in [5.74, 6) is 1.43. The molecule has 4 rings (SSSR count). The third kappa shape index (κ3) is 3.55. The molecule has 0 radical (unpaired) electrons. The Bertz CT molecular complexity index is 1190. The normalized spacial score (nSPS) is 11.1. The number of hydrogen-bond acceptors (Lipinski definition) is 5. The molecule has 0 aliphatic heterocycles. The molecule has 0 unspecified atom stereocenters. The second-order valence-electron chi connectivity index (χ2n) is 6.59. The summed E-state index contributed by atoms with van der Waals surface area (Å²) in [5, 5.41) is 1.83. The van der Waals surface area contributed by atoms with Crippen LogP contribution in [0.15, 0.2) is 69.2 Å². The molecule has 0 spiro atoms. The zero-order valence-electron chi connectivity index (χ0n) is 15.9. The minimum absolute atomic E-state index is 0.329. The van der Waals surface area contributed by atoms with Crippen LogP contribution in [0.3, 0.4) is 0 Å². The average molecular weight is 392 g/mol. The number of fused-ring (bicyclic) bond motifs is 1. The van der Waals surface area contributed by atoms with Gasteiger partial charge in [-0.15, -0.1) is 0 Å². The summed E-state index contributed by atoms with van der Waals surface area (Å²) in [7, 11) is 1.65. The minimum atomic E-state index is -0.329. The molecule has 2 heterocycles. The fourth-order valence-corrected chi connectivity index (χ4v) is 4.04. The molecule has 0 N–H and O–H groups in total. The lowest BCUT2D eigenvalue weighted by Gasteiger charge is -2.10. The molecule has 142 valence electrons. The van der Waals surface area contributed by atoms with Crippen molar-refractivity contribution in [3.05, 3.63) is 82.0 Å². The van der Waals surface area contributed by atoms with Crippen LogP contribution in [-0.2, 0) is 5.75 Å². The highest BCUT2D eigenvalue weighted by atomic mass is 32.2. The second-order valence-corrected chi connectivity index (χ2v) is 7.53. The van der Waals surface area contributed by atoms with Gasteiger partial charge in [0.1, 0.15) is 11.3 Å². The number of aromatic nitrogens is 2. The molecule has 0 saturated heterocycles. The first kappa shape index (κ1) is 18.4. The first-order valence-corrected chi connectivity index (χ1v) is 9.88. The van der Waals surface area contributed by atoms with E-state index in [1.807, 2.05) is 48.0 Å². The lowest BCUT2D eigenvalue weighted by Crippen LogP contribution is -2.01. The van der Waals surface area contributed by atoms with E-state index in [2.05, 4.69) is 18.0 Å². The third-order valence-corrected chi connectivity index (χ3v) is 5.77. The van der Waals surface area contributed by atoms with Crippen LogP contribution in [0.5, 0.6) is 5.75 Å². The Morgan fingerprint density at radius 2 is 1.86 bits per heavy atom. The van der Waals surface area contributed by atoms with Crippen LogP contribution >= 0.6 is 11.8 Å². The van der Waals surface area contributed by atoms with Crippen molar-refractivity contribution >= 4 is 22.7 Å². The molecule has 0 aliphatic carbocycles. The molecule has 0 aliphatic rings. The number of hydrogen-bond donors (Lipinski definition) is 0. The number of aryl methyl sites for hydroxylation is 2. The van der Waals surface area contributed by atoms with Crippen LogP contribution < -0.4 is 10.4 Å². The third-order valence-electron chi connectivity index (χ3n) is 4.76. The molecule has 2 aromatic heterocycles. The summed E-state index contributed by atoms with van der Waals surface area (Å²) in [6.07, 6.45) is 3.70. The van der Waals surface area contributed by atoms with E-state index in [1.54, 1.807) is 31.1 Å². The number of benzene rings is 2. The largest absolute Gasteiger partial charge is 0.497 e. The topological polar surface area (TPSA) is 57.3 Å². The van der Waals surface area contributed by atoms with Gasteiger partial charge in [-0.05, 0) is 66.9 Å². The highest BCUT2D eigenvalue weighted by Gasteiger charge is 2.11. The van der Waals surface area contributed by atoms with Crippen molar-refractivity contribution in [3.8, 4) is 11.4 Å². The summed E-state index contributed by atoms with van der Waals surface area (Å²) >= 11 is 1.59. The molecular weight excluding hydrogens is 372 g/mol. The van der Waals surface area contributed by atoms with E-state index in [0.29, 0.717) is 11.3 Å². The van der Waals surface area contributed by atoms with Gasteiger partial charge in [0, 0.05) is 35.3 Å². The Kier molecular flexibility index (Phi) is 4.96. The van der Waals surface area contributed by atoms with Gasteiger partial charge in [-0.1, -0.05) is 11.8 Å². The summed E-state index contributed by atoms with van der Waals surface area (Å²) in [4.78, 5) is 16.5. The molecule has 0 amide bonds. The Hall–Kier alpha value is -2.99. The van der Waals surface area contributed by atoms with Crippen molar-refractivity contribution in [2.45, 2.75) is 24.8 Å². The Morgan fingerprint density at radius 1 is 1.11 bits per heavy atom. The van der Waals surface area contributed by atoms with E-state index >= 15 is 0 Å². The molecule has 0 atom stereocenters. The molecule has 5 nitrogen and oxygen atoms in total. The molecule has 0 saturated carbocycles. The van der Waals surface area contributed by atoms with Crippen LogP contribution in [0.2, 0.25) is 0 Å². The van der Waals surface area contributed by atoms with Gasteiger partial charge in [0.05, 0.1) is 7.11 Å². The molecule has 28 heavy (non-hydrogen) atoms. The van der Waals surface area contributed by atoms with E-state index < -0.39 is 0 Å². The summed E-state index contributed by atoms with van der Waals surface area (Å²) in [6, 6.07) is 13.4. The predicted molar refractivity (Wildman–Crippen MR) is 112 cm³/mol. The quantitative estimate of drug-likeness (QED) is 0.357. The maximum Gasteiger partial charge on any atom is 0.336 e. The first-order chi connectivity index (χ1) is 13.5. The van der Waals surface area contributed by atoms with Gasteiger partial charge in [-0.25, -0.2) is 9.78 Å². The van der Waals surface area contributed by atoms with Crippen molar-refractivity contribution in [1.29, 1.82) is 0 Å². The van der Waals surface area contributed by atoms with Crippen molar-refractivity contribution in [2.24, 2.45) is 0 Å². The lowest BCUT2D eigenvalue weighted by molar-refractivity contribution is 0.414. The van der Waals surface area contributed by atoms with Crippen molar-refractivity contribution in [2.75, 3.05) is 7.11 Å². The predicted octanol–water partition coefficient (Wildman–Crippen LogP) is 4.90. The van der Waals surface area contributed by atoms with E-state index in [0.717, 1.165) is 33.1 Å². The maximum atomic E-state index is 12.0. The van der Waals surface area contributed by atoms with Gasteiger partial charge in [-0.2, -0.15) is 0 Å². The zero-order chi connectivity index (χ0) is 19.7. The van der Waals surface area contributed by atoms with Crippen molar-refractivity contribution in [3.63, 3.8) is 0 Å². The van der Waals surface area contributed by atoms with E-state index in [1.165, 1.54) is 5.56 Å². The summed E-state index contributed by atoms with van der Waals surface area (Å²) in [5.41, 5.74) is 4.53. The Morgan fingerprint density at radius 3 is 2.61 bits per heavy atom. The first-order valence-electron chi connectivity index (χ1n) is 8.90. The SMILES string of the molecule is COc1ccc(-n2ccnc2SCc2cc(=O)oc3cc(C)c(C)cc23)cc1. The van der Waals surface area contributed by atoms with Gasteiger partial charge in [0.15, 0.2) is 5.16 Å². The highest BCUT2D eigenvalue weighted by molar-refractivity contribution is 7.98. The van der Waals surface area contributed by atoms with E-state index in [4.69, 9.17) is 9.15 Å². The molecule has 4 aromatic rings. The van der Waals surface area contributed by atoms with E-state index in [-0.39, 0.29) is 5.63 Å². The van der Waals surface area contributed by atoms with Crippen molar-refractivity contribution in [1.82, 2.24) is 9.55 Å². The van der Waals surface area contributed by atoms with Crippen LogP contribution in [0.25, 0.3) is 16.7 Å². The number of methoxy groups -OCH3 is 1. The number of nitrogens with zero attached hydrogens (tertiary/aromatic N) is 2. The fraction of sp³-hybridized carbons (Fsp3) is 0.182. The molecule has 0 fully saturated rings. The molecule has 0 bridgehead atoms. The Balaban J connectivity index is 1.65. The van der Waals surface area contributed by atoms with Crippen molar-refractivity contribution < 1.29 is 9.15 Å². The fourth-order valence-electron chi connectivity index (χ4n) is 3.08. The highest BCUT2D eigenvalue weighted by Crippen LogP contribution is 2.29. The number of ether oxygens (including phenoxy) is 1. The van der Waals surface area contributed by atoms with Gasteiger partial charge in [0.25, 0.3) is 0 Å². The number of imidazole rings is 1. The second kappa shape index (κ2) is 7.56. The van der Waals surface area contributed by atoms with Crippen LogP contribution in [0.4, 0.5) is 0 Å². The van der Waals surface area contributed by atoms with Gasteiger partial charge in [-0.3, -0.25) is 4.57 Å². The molecular formula is C22H20N2O3S. The van der Waals surface area contributed by atoms with Gasteiger partial charge in [0.2, 0.25) is 0 Å². The molecule has 6 heteroatoms. The smallest absolute Gasteiger partial charge is 0.336 e. The van der Waals surface area contributed by atoms with Gasteiger partial charge < -0.3 is 9.15 Å². The van der Waals surface area contributed by atoms with Crippen LogP contribution in [0, 0.1) is 13.8 Å². The number of rotatable bonds is 5.